The highest BCUT2D eigenvalue weighted by Gasteiger charge is 2.42. The van der Waals surface area contributed by atoms with Crippen LogP contribution in [0.25, 0.3) is 0 Å². The van der Waals surface area contributed by atoms with Crippen LogP contribution in [0.3, 0.4) is 0 Å². The van der Waals surface area contributed by atoms with Crippen LogP contribution in [0.5, 0.6) is 0 Å². The van der Waals surface area contributed by atoms with Gasteiger partial charge in [-0.3, -0.25) is 4.79 Å². The molecule has 1 aliphatic heterocycles. The maximum absolute atomic E-state index is 13.2. The summed E-state index contributed by atoms with van der Waals surface area (Å²) in [6.07, 6.45) is 3.63. The highest BCUT2D eigenvalue weighted by molar-refractivity contribution is 5.75. The lowest BCUT2D eigenvalue weighted by Crippen LogP contribution is -2.48. The largest absolute Gasteiger partial charge is 0.461 e. The minimum atomic E-state index is -0.610. The zero-order valence-corrected chi connectivity index (χ0v) is 24.8. The topological polar surface area (TPSA) is 54.0 Å². The van der Waals surface area contributed by atoms with E-state index in [1.807, 2.05) is 57.2 Å². The van der Waals surface area contributed by atoms with Crippen molar-refractivity contribution in [3.63, 3.8) is 0 Å². The Labute approximate surface area is 235 Å². The fourth-order valence-electron chi connectivity index (χ4n) is 5.33. The summed E-state index contributed by atoms with van der Waals surface area (Å²) in [5.74, 6) is -0.0225. The second-order valence-electron chi connectivity index (χ2n) is 12.2. The summed E-state index contributed by atoms with van der Waals surface area (Å²) in [5, 5.41) is 0. The lowest BCUT2D eigenvalue weighted by molar-refractivity contribution is -0.178. The molecule has 0 aromatic heterocycles. The van der Waals surface area contributed by atoms with Crippen molar-refractivity contribution in [3.05, 3.63) is 83.9 Å². The van der Waals surface area contributed by atoms with E-state index in [9.17, 15) is 4.79 Å². The van der Waals surface area contributed by atoms with Crippen molar-refractivity contribution in [2.75, 3.05) is 13.2 Å². The fraction of sp³-hybridized carbons (Fsp3) is 0.559. The molecule has 3 rings (SSSR count). The van der Waals surface area contributed by atoms with Gasteiger partial charge in [0.25, 0.3) is 0 Å². The summed E-state index contributed by atoms with van der Waals surface area (Å²) in [7, 11) is 0. The van der Waals surface area contributed by atoms with Crippen molar-refractivity contribution in [2.24, 2.45) is 29.1 Å². The summed E-state index contributed by atoms with van der Waals surface area (Å²) >= 11 is 0. The Balaban J connectivity index is 1.83. The van der Waals surface area contributed by atoms with E-state index in [2.05, 4.69) is 64.1 Å². The quantitative estimate of drug-likeness (QED) is 0.199. The van der Waals surface area contributed by atoms with Crippen LogP contribution in [0.4, 0.5) is 0 Å². The van der Waals surface area contributed by atoms with E-state index in [0.717, 1.165) is 11.1 Å². The standard InChI is InChI=1S/C34H48O5/c1-24-15-14-20-37-30(24)26(3)32(39-33(35)34(5,6)7)27(4)31(38-23-29-18-12-9-13-19-29)25(2)21-36-22-28-16-10-8-11-17-28/h8-19,24-27,30-32H,20-23H2,1-7H3/t24-,25+,26+,27-,30+,31-,32+/m0/s1. The van der Waals surface area contributed by atoms with Crippen LogP contribution in [0, 0.1) is 29.1 Å². The highest BCUT2D eigenvalue weighted by Crippen LogP contribution is 2.34. The minimum absolute atomic E-state index is 0.0217. The van der Waals surface area contributed by atoms with Gasteiger partial charge in [-0.25, -0.2) is 0 Å². The van der Waals surface area contributed by atoms with Crippen molar-refractivity contribution in [1.29, 1.82) is 0 Å². The van der Waals surface area contributed by atoms with Crippen LogP contribution in [0.15, 0.2) is 72.8 Å². The van der Waals surface area contributed by atoms with Gasteiger partial charge in [0, 0.05) is 23.7 Å². The van der Waals surface area contributed by atoms with E-state index < -0.39 is 5.41 Å². The molecule has 0 amide bonds. The van der Waals surface area contributed by atoms with E-state index in [1.165, 1.54) is 0 Å². The fourth-order valence-corrected chi connectivity index (χ4v) is 5.33. The lowest BCUT2D eigenvalue weighted by atomic mass is 9.78. The molecule has 39 heavy (non-hydrogen) atoms. The molecule has 2 aromatic carbocycles. The first-order chi connectivity index (χ1) is 18.6. The zero-order valence-electron chi connectivity index (χ0n) is 24.8. The summed E-state index contributed by atoms with van der Waals surface area (Å²) < 4.78 is 25.3. The Morgan fingerprint density at radius 1 is 0.923 bits per heavy atom. The number of carbonyl (C=O) groups excluding carboxylic acids is 1. The van der Waals surface area contributed by atoms with E-state index >= 15 is 0 Å². The molecule has 2 aromatic rings. The molecular formula is C34H48O5. The van der Waals surface area contributed by atoms with Gasteiger partial charge in [-0.1, -0.05) is 101 Å². The predicted molar refractivity (Wildman–Crippen MR) is 156 cm³/mol. The van der Waals surface area contributed by atoms with Gasteiger partial charge < -0.3 is 18.9 Å². The number of hydrogen-bond donors (Lipinski definition) is 0. The zero-order chi connectivity index (χ0) is 28.4. The van der Waals surface area contributed by atoms with Crippen LogP contribution in [0.1, 0.15) is 59.6 Å². The molecule has 0 saturated carbocycles. The van der Waals surface area contributed by atoms with Gasteiger partial charge in [0.1, 0.15) is 6.10 Å². The predicted octanol–water partition coefficient (Wildman–Crippen LogP) is 7.25. The number of rotatable bonds is 13. The van der Waals surface area contributed by atoms with E-state index in [-0.39, 0.29) is 48.0 Å². The molecule has 214 valence electrons. The van der Waals surface area contributed by atoms with E-state index in [0.29, 0.717) is 26.4 Å². The monoisotopic (exact) mass is 536 g/mol. The molecule has 0 unspecified atom stereocenters. The highest BCUT2D eigenvalue weighted by atomic mass is 16.6. The van der Waals surface area contributed by atoms with Crippen LogP contribution < -0.4 is 0 Å². The molecule has 0 bridgehead atoms. The van der Waals surface area contributed by atoms with Gasteiger partial charge in [-0.15, -0.1) is 0 Å². The number of ether oxygens (including phenoxy) is 4. The van der Waals surface area contributed by atoms with Gasteiger partial charge in [0.15, 0.2) is 0 Å². The van der Waals surface area contributed by atoms with Crippen LogP contribution in [-0.4, -0.2) is 37.5 Å². The second-order valence-corrected chi connectivity index (χ2v) is 12.2. The average molecular weight is 537 g/mol. The Morgan fingerprint density at radius 3 is 2.08 bits per heavy atom. The third-order valence-electron chi connectivity index (χ3n) is 7.61. The maximum Gasteiger partial charge on any atom is 0.311 e. The molecule has 0 aliphatic carbocycles. The molecule has 0 N–H and O–H groups in total. The first-order valence-corrected chi connectivity index (χ1v) is 14.3. The Bertz CT molecular complexity index is 1010. The molecule has 0 spiro atoms. The van der Waals surface area contributed by atoms with Gasteiger partial charge in [-0.05, 0) is 31.9 Å². The van der Waals surface area contributed by atoms with Crippen molar-refractivity contribution in [3.8, 4) is 0 Å². The summed E-state index contributed by atoms with van der Waals surface area (Å²) in [4.78, 5) is 13.2. The third kappa shape index (κ3) is 9.30. The molecule has 5 heteroatoms. The van der Waals surface area contributed by atoms with E-state index in [1.54, 1.807) is 0 Å². The molecule has 0 radical (unpaired) electrons. The molecule has 1 heterocycles. The van der Waals surface area contributed by atoms with Crippen LogP contribution >= 0.6 is 0 Å². The Kier molecular flexibility index (Phi) is 11.8. The van der Waals surface area contributed by atoms with Crippen molar-refractivity contribution < 1.29 is 23.7 Å². The molecule has 7 atom stereocenters. The number of hydrogen-bond acceptors (Lipinski definition) is 5. The van der Waals surface area contributed by atoms with Gasteiger partial charge in [0.05, 0.1) is 44.1 Å². The Hall–Kier alpha value is -2.47. The first kappa shape index (κ1) is 31.1. The average Bonchev–Trinajstić information content (AvgIpc) is 2.92. The van der Waals surface area contributed by atoms with E-state index in [4.69, 9.17) is 18.9 Å². The van der Waals surface area contributed by atoms with Gasteiger partial charge in [-0.2, -0.15) is 0 Å². The third-order valence-corrected chi connectivity index (χ3v) is 7.61. The minimum Gasteiger partial charge on any atom is -0.461 e. The second kappa shape index (κ2) is 14.8. The SMILES string of the molecule is C[C@H]([C@H](OC(=O)C(C)(C)C)[C@H](C)[C@@H]1OCC=C[C@@H]1C)[C@@H](OCc1ccccc1)[C@H](C)COCc1ccccc1. The van der Waals surface area contributed by atoms with Gasteiger partial charge >= 0.3 is 5.97 Å². The Morgan fingerprint density at radius 2 is 1.51 bits per heavy atom. The van der Waals surface area contributed by atoms with Crippen molar-refractivity contribution >= 4 is 5.97 Å². The summed E-state index contributed by atoms with van der Waals surface area (Å²) in [6, 6.07) is 20.4. The molecule has 1 aliphatic rings. The number of benzene rings is 2. The molecule has 0 fully saturated rings. The number of esters is 1. The maximum atomic E-state index is 13.2. The number of carbonyl (C=O) groups is 1. The van der Waals surface area contributed by atoms with Crippen LogP contribution in [0.2, 0.25) is 0 Å². The molecule has 5 nitrogen and oxygen atoms in total. The lowest BCUT2D eigenvalue weighted by Gasteiger charge is -2.41. The normalized spacial score (nSPS) is 21.5. The van der Waals surface area contributed by atoms with Gasteiger partial charge in [0.2, 0.25) is 0 Å². The molecular weight excluding hydrogens is 488 g/mol. The van der Waals surface area contributed by atoms with Crippen molar-refractivity contribution in [2.45, 2.75) is 80.0 Å². The van der Waals surface area contributed by atoms with Crippen molar-refractivity contribution in [1.82, 2.24) is 0 Å². The summed E-state index contributed by atoms with van der Waals surface area (Å²) in [5.41, 5.74) is 1.64. The van der Waals surface area contributed by atoms with Crippen LogP contribution in [-0.2, 0) is 37.0 Å². The molecule has 0 saturated heterocycles. The smallest absolute Gasteiger partial charge is 0.311 e. The first-order valence-electron chi connectivity index (χ1n) is 14.3. The summed E-state index contributed by atoms with van der Waals surface area (Å²) in [6.45, 7) is 16.4.